The zero-order chi connectivity index (χ0) is 13.1. The molecule has 0 saturated heterocycles. The van der Waals surface area contributed by atoms with Crippen LogP contribution in [0.3, 0.4) is 0 Å². The van der Waals surface area contributed by atoms with Gasteiger partial charge in [0.15, 0.2) is 0 Å². The third-order valence-electron chi connectivity index (χ3n) is 1.76. The smallest absolute Gasteiger partial charge is 0.325 e. The molecule has 0 fully saturated rings. The normalized spacial score (nSPS) is 12.1. The molecule has 0 aliphatic heterocycles. The van der Waals surface area contributed by atoms with Crippen LogP contribution in [0.4, 0.5) is 0 Å². The highest BCUT2D eigenvalue weighted by Crippen LogP contribution is 2.00. The van der Waals surface area contributed by atoms with Gasteiger partial charge >= 0.3 is 5.97 Å². The predicted octanol–water partition coefficient (Wildman–Crippen LogP) is 2.08. The maximum absolute atomic E-state index is 11.7. The quantitative estimate of drug-likeness (QED) is 0.464. The van der Waals surface area contributed by atoms with Gasteiger partial charge in [-0.1, -0.05) is 41.1 Å². The Morgan fingerprint density at radius 2 is 2.12 bits per heavy atom. The standard InChI is InChI=1S/C12H16BrNO3/c1-3-4-6-10(7-5-8-13)12(16)14-9-11(15)17-2/h4-8H,3,9H2,1-2H3,(H,14,16)/b6-4-,8-5+,10-7+. The number of amides is 1. The van der Waals surface area contributed by atoms with Crippen molar-refractivity contribution in [1.82, 2.24) is 5.32 Å². The lowest BCUT2D eigenvalue weighted by Crippen LogP contribution is -2.30. The van der Waals surface area contributed by atoms with Crippen molar-refractivity contribution in [1.29, 1.82) is 0 Å². The van der Waals surface area contributed by atoms with Gasteiger partial charge in [0, 0.05) is 5.57 Å². The summed E-state index contributed by atoms with van der Waals surface area (Å²) in [5.74, 6) is -0.793. The second-order valence-electron chi connectivity index (χ2n) is 3.01. The van der Waals surface area contributed by atoms with Gasteiger partial charge in [-0.2, -0.15) is 0 Å². The van der Waals surface area contributed by atoms with E-state index in [0.717, 1.165) is 6.42 Å². The second-order valence-corrected chi connectivity index (χ2v) is 3.54. The largest absolute Gasteiger partial charge is 0.468 e. The zero-order valence-electron chi connectivity index (χ0n) is 9.90. The number of ether oxygens (including phenoxy) is 1. The number of carbonyl (C=O) groups is 2. The van der Waals surface area contributed by atoms with E-state index in [4.69, 9.17) is 0 Å². The van der Waals surface area contributed by atoms with E-state index < -0.39 is 5.97 Å². The van der Waals surface area contributed by atoms with Crippen molar-refractivity contribution in [2.45, 2.75) is 13.3 Å². The molecule has 0 aromatic carbocycles. The minimum atomic E-state index is -0.479. The van der Waals surface area contributed by atoms with Gasteiger partial charge in [0.05, 0.1) is 7.11 Å². The fourth-order valence-corrected chi connectivity index (χ4v) is 1.07. The molecule has 0 rings (SSSR count). The zero-order valence-corrected chi connectivity index (χ0v) is 11.5. The van der Waals surface area contributed by atoms with Gasteiger partial charge in [-0.15, -0.1) is 0 Å². The Bertz CT molecular complexity index is 346. The van der Waals surface area contributed by atoms with E-state index in [1.807, 2.05) is 13.0 Å². The van der Waals surface area contributed by atoms with Crippen LogP contribution in [0.15, 0.2) is 34.9 Å². The monoisotopic (exact) mass is 301 g/mol. The first-order valence-corrected chi connectivity index (χ1v) is 6.05. The van der Waals surface area contributed by atoms with E-state index in [-0.39, 0.29) is 12.5 Å². The minimum absolute atomic E-state index is 0.134. The predicted molar refractivity (Wildman–Crippen MR) is 70.6 cm³/mol. The number of esters is 1. The van der Waals surface area contributed by atoms with Gasteiger partial charge in [-0.05, 0) is 17.5 Å². The SMILES string of the molecule is CC\C=C/C(=C\C=C\Br)C(=O)NCC(=O)OC. The summed E-state index contributed by atoms with van der Waals surface area (Å²) >= 11 is 3.11. The van der Waals surface area contributed by atoms with E-state index in [9.17, 15) is 9.59 Å². The fraction of sp³-hybridized carbons (Fsp3) is 0.333. The topological polar surface area (TPSA) is 55.4 Å². The average Bonchev–Trinajstić information content (AvgIpc) is 2.35. The maximum Gasteiger partial charge on any atom is 0.325 e. The number of hydrogen-bond donors (Lipinski definition) is 1. The minimum Gasteiger partial charge on any atom is -0.468 e. The van der Waals surface area contributed by atoms with Gasteiger partial charge in [0.2, 0.25) is 0 Å². The number of nitrogens with one attached hydrogen (secondary N) is 1. The molecule has 17 heavy (non-hydrogen) atoms. The van der Waals surface area contributed by atoms with Crippen molar-refractivity contribution in [2.75, 3.05) is 13.7 Å². The molecule has 94 valence electrons. The summed E-state index contributed by atoms with van der Waals surface area (Å²) in [4.78, 5) is 24.2. The molecule has 0 atom stereocenters. The fourth-order valence-electron chi connectivity index (χ4n) is 0.918. The van der Waals surface area contributed by atoms with Crippen LogP contribution in [0, 0.1) is 0 Å². The molecule has 1 N–H and O–H groups in total. The molecule has 0 radical (unpaired) electrons. The van der Waals surface area contributed by atoms with E-state index in [1.165, 1.54) is 7.11 Å². The second kappa shape index (κ2) is 9.84. The molecule has 0 spiro atoms. The Balaban J connectivity index is 4.53. The summed E-state index contributed by atoms with van der Waals surface area (Å²) in [5.41, 5.74) is 0.478. The first kappa shape index (κ1) is 15.6. The number of allylic oxidation sites excluding steroid dienone is 3. The molecule has 5 heteroatoms. The number of hydrogen-bond acceptors (Lipinski definition) is 3. The Kier molecular flexibility index (Phi) is 9.05. The molecular formula is C12H16BrNO3. The highest BCUT2D eigenvalue weighted by molar-refractivity contribution is 9.11. The molecule has 0 aliphatic rings. The van der Waals surface area contributed by atoms with Gasteiger partial charge in [0.25, 0.3) is 5.91 Å². The summed E-state index contributed by atoms with van der Waals surface area (Å²) in [7, 11) is 1.27. The Hall–Kier alpha value is -1.36. The number of methoxy groups -OCH3 is 1. The molecular weight excluding hydrogens is 286 g/mol. The van der Waals surface area contributed by atoms with E-state index in [2.05, 4.69) is 26.0 Å². The number of halogens is 1. The van der Waals surface area contributed by atoms with Crippen LogP contribution in [-0.2, 0) is 14.3 Å². The number of carbonyl (C=O) groups excluding carboxylic acids is 2. The van der Waals surface area contributed by atoms with Crippen LogP contribution < -0.4 is 5.32 Å². The van der Waals surface area contributed by atoms with Crippen LogP contribution in [0.5, 0.6) is 0 Å². The Morgan fingerprint density at radius 3 is 2.65 bits per heavy atom. The number of rotatable bonds is 6. The van der Waals surface area contributed by atoms with E-state index in [1.54, 1.807) is 23.2 Å². The van der Waals surface area contributed by atoms with Crippen molar-refractivity contribution in [2.24, 2.45) is 0 Å². The molecule has 1 amide bonds. The molecule has 4 nitrogen and oxygen atoms in total. The van der Waals surface area contributed by atoms with Gasteiger partial charge in [-0.25, -0.2) is 0 Å². The summed E-state index contributed by atoms with van der Waals surface area (Å²) in [6.45, 7) is 1.84. The van der Waals surface area contributed by atoms with Crippen LogP contribution in [0.2, 0.25) is 0 Å². The first-order chi connectivity index (χ1) is 8.15. The summed E-state index contributed by atoms with van der Waals surface area (Å²) < 4.78 is 4.43. The van der Waals surface area contributed by atoms with E-state index >= 15 is 0 Å². The molecule has 0 aliphatic carbocycles. The maximum atomic E-state index is 11.7. The molecule has 0 aromatic rings. The van der Waals surface area contributed by atoms with Gasteiger partial charge in [-0.3, -0.25) is 9.59 Å². The van der Waals surface area contributed by atoms with E-state index in [0.29, 0.717) is 5.57 Å². The lowest BCUT2D eigenvalue weighted by atomic mass is 10.2. The van der Waals surface area contributed by atoms with Crippen molar-refractivity contribution >= 4 is 27.8 Å². The first-order valence-electron chi connectivity index (χ1n) is 5.14. The summed E-state index contributed by atoms with van der Waals surface area (Å²) in [6, 6.07) is 0. The van der Waals surface area contributed by atoms with Crippen molar-refractivity contribution < 1.29 is 14.3 Å². The van der Waals surface area contributed by atoms with Crippen LogP contribution >= 0.6 is 15.9 Å². The average molecular weight is 302 g/mol. The van der Waals surface area contributed by atoms with Crippen LogP contribution in [0.25, 0.3) is 0 Å². The van der Waals surface area contributed by atoms with Crippen molar-refractivity contribution in [3.8, 4) is 0 Å². The van der Waals surface area contributed by atoms with Crippen LogP contribution in [-0.4, -0.2) is 25.5 Å². The molecule has 0 saturated carbocycles. The molecule has 0 unspecified atom stereocenters. The molecule has 0 aromatic heterocycles. The van der Waals surface area contributed by atoms with Crippen molar-refractivity contribution in [3.05, 3.63) is 34.9 Å². The summed E-state index contributed by atoms with van der Waals surface area (Å²) in [5, 5.41) is 2.47. The Labute approximate surface area is 110 Å². The lowest BCUT2D eigenvalue weighted by molar-refractivity contribution is -0.140. The lowest BCUT2D eigenvalue weighted by Gasteiger charge is -2.03. The van der Waals surface area contributed by atoms with Crippen LogP contribution in [0.1, 0.15) is 13.3 Å². The third kappa shape index (κ3) is 7.52. The van der Waals surface area contributed by atoms with Gasteiger partial charge in [0.1, 0.15) is 6.54 Å². The highest BCUT2D eigenvalue weighted by atomic mass is 79.9. The summed E-state index contributed by atoms with van der Waals surface area (Å²) in [6.07, 6.45) is 7.74. The third-order valence-corrected chi connectivity index (χ3v) is 2.07. The highest BCUT2D eigenvalue weighted by Gasteiger charge is 2.07. The van der Waals surface area contributed by atoms with Gasteiger partial charge < -0.3 is 10.1 Å². The van der Waals surface area contributed by atoms with Crippen molar-refractivity contribution in [3.63, 3.8) is 0 Å². The molecule has 0 bridgehead atoms. The Morgan fingerprint density at radius 1 is 1.41 bits per heavy atom. The molecule has 0 heterocycles.